The van der Waals surface area contributed by atoms with Crippen molar-refractivity contribution in [3.8, 4) is 0 Å². The van der Waals surface area contributed by atoms with Crippen LogP contribution in [0.2, 0.25) is 0 Å². The minimum absolute atomic E-state index is 0.118. The van der Waals surface area contributed by atoms with Crippen LogP contribution in [0.5, 0.6) is 0 Å². The fourth-order valence-corrected chi connectivity index (χ4v) is 6.62. The van der Waals surface area contributed by atoms with Crippen LogP contribution in [0.3, 0.4) is 0 Å². The van der Waals surface area contributed by atoms with Crippen molar-refractivity contribution in [2.75, 3.05) is 26.2 Å². The van der Waals surface area contributed by atoms with Crippen LogP contribution in [0.25, 0.3) is 0 Å². The van der Waals surface area contributed by atoms with Crippen molar-refractivity contribution in [1.82, 2.24) is 20.7 Å². The van der Waals surface area contributed by atoms with E-state index in [9.17, 15) is 4.79 Å². The predicted molar refractivity (Wildman–Crippen MR) is 123 cm³/mol. The monoisotopic (exact) mass is 418 g/mol. The number of likely N-dealkylation sites (tertiary alicyclic amines) is 1. The maximum Gasteiger partial charge on any atom is 0.226 e. The van der Waals surface area contributed by atoms with E-state index in [2.05, 4.69) is 27.6 Å². The smallest absolute Gasteiger partial charge is 0.226 e. The Morgan fingerprint density at radius 2 is 1.60 bits per heavy atom. The number of nitrogens with one attached hydrogen (secondary N) is 2. The summed E-state index contributed by atoms with van der Waals surface area (Å²) in [6.07, 6.45) is 18.4. The zero-order chi connectivity index (χ0) is 20.8. The summed E-state index contributed by atoms with van der Waals surface area (Å²) in [5, 5.41) is 5.96. The van der Waals surface area contributed by atoms with Crippen LogP contribution in [0.15, 0.2) is 0 Å². The third kappa shape index (κ3) is 5.77. The van der Waals surface area contributed by atoms with Gasteiger partial charge in [-0.3, -0.25) is 10.2 Å². The maximum atomic E-state index is 13.2. The van der Waals surface area contributed by atoms with Gasteiger partial charge in [0.15, 0.2) is 0 Å². The summed E-state index contributed by atoms with van der Waals surface area (Å²) in [5.41, 5.74) is 3.65. The molecule has 0 aromatic heterocycles. The van der Waals surface area contributed by atoms with Crippen LogP contribution in [-0.4, -0.2) is 60.1 Å². The average Bonchev–Trinajstić information content (AvgIpc) is 3.20. The molecule has 4 aliphatic rings. The molecule has 2 aliphatic carbocycles. The third-order valence-corrected chi connectivity index (χ3v) is 8.38. The molecule has 2 saturated heterocycles. The number of hydrazine groups is 1. The standard InChI is InChI=1S/C25H46N4O/c1-2-9-24-23(18-26-29(24)22-12-7-4-8-13-22)25(30)27-21-14-16-28(17-15-21)19-20-10-5-3-6-11-20/h20-24,26H,2-19H2,1H3,(H,27,30). The first kappa shape index (κ1) is 22.5. The Labute approximate surface area is 184 Å². The first-order valence-electron chi connectivity index (χ1n) is 13.3. The quantitative estimate of drug-likeness (QED) is 0.654. The lowest BCUT2D eigenvalue weighted by molar-refractivity contribution is -0.126. The second kappa shape index (κ2) is 11.3. The molecule has 2 unspecified atom stereocenters. The first-order chi connectivity index (χ1) is 14.7. The predicted octanol–water partition coefficient (Wildman–Crippen LogP) is 4.09. The Morgan fingerprint density at radius 1 is 0.933 bits per heavy atom. The van der Waals surface area contributed by atoms with E-state index in [4.69, 9.17) is 0 Å². The summed E-state index contributed by atoms with van der Waals surface area (Å²) in [5.74, 6) is 1.35. The van der Waals surface area contributed by atoms with Gasteiger partial charge in [0.1, 0.15) is 0 Å². The summed E-state index contributed by atoms with van der Waals surface area (Å²) in [6, 6.07) is 1.40. The highest BCUT2D eigenvalue weighted by Gasteiger charge is 2.41. The third-order valence-electron chi connectivity index (χ3n) is 8.38. The van der Waals surface area contributed by atoms with E-state index in [1.807, 2.05) is 0 Å². The second-order valence-electron chi connectivity index (χ2n) is 10.6. The van der Waals surface area contributed by atoms with E-state index in [0.29, 0.717) is 24.0 Å². The minimum Gasteiger partial charge on any atom is -0.353 e. The molecular weight excluding hydrogens is 372 g/mol. The van der Waals surface area contributed by atoms with Gasteiger partial charge in [0.25, 0.3) is 0 Å². The Kier molecular flexibility index (Phi) is 8.48. The summed E-state index contributed by atoms with van der Waals surface area (Å²) in [4.78, 5) is 15.9. The van der Waals surface area contributed by atoms with Crippen molar-refractivity contribution in [1.29, 1.82) is 0 Å². The summed E-state index contributed by atoms with van der Waals surface area (Å²) < 4.78 is 0. The van der Waals surface area contributed by atoms with Crippen LogP contribution < -0.4 is 10.7 Å². The number of carbonyl (C=O) groups excluding carboxylic acids is 1. The Bertz CT molecular complexity index is 521. The number of hydrogen-bond donors (Lipinski definition) is 2. The molecular formula is C25H46N4O. The van der Waals surface area contributed by atoms with Crippen LogP contribution in [0.1, 0.15) is 96.8 Å². The summed E-state index contributed by atoms with van der Waals surface area (Å²) in [6.45, 7) is 6.71. The van der Waals surface area contributed by atoms with Gasteiger partial charge in [0, 0.05) is 44.3 Å². The van der Waals surface area contributed by atoms with Gasteiger partial charge in [0.2, 0.25) is 5.91 Å². The van der Waals surface area contributed by atoms with E-state index >= 15 is 0 Å². The van der Waals surface area contributed by atoms with E-state index in [1.54, 1.807) is 0 Å². The molecule has 5 nitrogen and oxygen atoms in total. The normalized spacial score (nSPS) is 31.2. The van der Waals surface area contributed by atoms with E-state index in [1.165, 1.54) is 70.8 Å². The van der Waals surface area contributed by atoms with Crippen molar-refractivity contribution in [3.05, 3.63) is 0 Å². The van der Waals surface area contributed by atoms with Crippen molar-refractivity contribution in [3.63, 3.8) is 0 Å². The molecule has 1 amide bonds. The molecule has 4 fully saturated rings. The highest BCUT2D eigenvalue weighted by atomic mass is 16.2. The Hall–Kier alpha value is -0.650. The van der Waals surface area contributed by atoms with Gasteiger partial charge in [-0.15, -0.1) is 0 Å². The highest BCUT2D eigenvalue weighted by molar-refractivity contribution is 5.80. The minimum atomic E-state index is 0.118. The van der Waals surface area contributed by atoms with Crippen molar-refractivity contribution in [2.45, 2.75) is 115 Å². The average molecular weight is 419 g/mol. The van der Waals surface area contributed by atoms with Crippen LogP contribution in [-0.2, 0) is 4.79 Å². The number of nitrogens with zero attached hydrogens (tertiary/aromatic N) is 2. The number of amides is 1. The van der Waals surface area contributed by atoms with Crippen molar-refractivity contribution in [2.24, 2.45) is 11.8 Å². The molecule has 0 aromatic carbocycles. The van der Waals surface area contributed by atoms with Gasteiger partial charge in [0.05, 0.1) is 5.92 Å². The maximum absolute atomic E-state index is 13.2. The van der Waals surface area contributed by atoms with E-state index in [-0.39, 0.29) is 5.92 Å². The Morgan fingerprint density at radius 3 is 2.27 bits per heavy atom. The topological polar surface area (TPSA) is 47.6 Å². The molecule has 5 heteroatoms. The molecule has 2 N–H and O–H groups in total. The largest absolute Gasteiger partial charge is 0.353 e. The lowest BCUT2D eigenvalue weighted by Crippen LogP contribution is -2.50. The number of hydrogen-bond acceptors (Lipinski definition) is 4. The zero-order valence-corrected chi connectivity index (χ0v) is 19.4. The van der Waals surface area contributed by atoms with Crippen LogP contribution >= 0.6 is 0 Å². The van der Waals surface area contributed by atoms with Crippen molar-refractivity contribution < 1.29 is 4.79 Å². The van der Waals surface area contributed by atoms with E-state index < -0.39 is 0 Å². The molecule has 30 heavy (non-hydrogen) atoms. The molecule has 4 rings (SSSR count). The highest BCUT2D eigenvalue weighted by Crippen LogP contribution is 2.30. The fourth-order valence-electron chi connectivity index (χ4n) is 6.62. The van der Waals surface area contributed by atoms with Crippen molar-refractivity contribution >= 4 is 5.91 Å². The molecule has 2 saturated carbocycles. The number of piperidine rings is 1. The van der Waals surface area contributed by atoms with Gasteiger partial charge in [-0.05, 0) is 50.9 Å². The van der Waals surface area contributed by atoms with Gasteiger partial charge in [-0.2, -0.15) is 0 Å². The molecule has 2 atom stereocenters. The second-order valence-corrected chi connectivity index (χ2v) is 10.6. The molecule has 0 bridgehead atoms. The van der Waals surface area contributed by atoms with E-state index in [0.717, 1.165) is 51.2 Å². The van der Waals surface area contributed by atoms with Gasteiger partial charge in [-0.25, -0.2) is 5.01 Å². The molecule has 0 spiro atoms. The lowest BCUT2D eigenvalue weighted by Gasteiger charge is -2.37. The summed E-state index contributed by atoms with van der Waals surface area (Å²) in [7, 11) is 0. The number of rotatable bonds is 7. The fraction of sp³-hybridized carbons (Fsp3) is 0.960. The van der Waals surface area contributed by atoms with Gasteiger partial charge in [-0.1, -0.05) is 51.9 Å². The number of carbonyl (C=O) groups is 1. The first-order valence-corrected chi connectivity index (χ1v) is 13.3. The zero-order valence-electron chi connectivity index (χ0n) is 19.4. The molecule has 2 aliphatic heterocycles. The molecule has 2 heterocycles. The lowest BCUT2D eigenvalue weighted by atomic mass is 9.88. The SMILES string of the molecule is CCCC1C(C(=O)NC2CCN(CC3CCCCC3)CC2)CNN1C1CCCCC1. The molecule has 172 valence electrons. The van der Waals surface area contributed by atoms with Crippen LogP contribution in [0, 0.1) is 11.8 Å². The molecule has 0 radical (unpaired) electrons. The summed E-state index contributed by atoms with van der Waals surface area (Å²) >= 11 is 0. The van der Waals surface area contributed by atoms with Gasteiger partial charge < -0.3 is 10.2 Å². The van der Waals surface area contributed by atoms with Gasteiger partial charge >= 0.3 is 0 Å². The molecule has 0 aromatic rings. The van der Waals surface area contributed by atoms with Crippen LogP contribution in [0.4, 0.5) is 0 Å². The Balaban J connectivity index is 1.24.